The van der Waals surface area contributed by atoms with Crippen molar-refractivity contribution in [3.63, 3.8) is 0 Å². The van der Waals surface area contributed by atoms with E-state index in [4.69, 9.17) is 4.99 Å². The van der Waals surface area contributed by atoms with Crippen molar-refractivity contribution in [2.75, 3.05) is 0 Å². The van der Waals surface area contributed by atoms with Crippen molar-refractivity contribution in [2.24, 2.45) is 16.8 Å². The SMILES string of the molecule is C=C(C)c1ccc(CCC2C=CC(CC(CCC)C(C)=N/C(=C\C)c3ccccc3CC)=CC2)cc1. The molecule has 2 atom stereocenters. The van der Waals surface area contributed by atoms with Crippen molar-refractivity contribution in [1.82, 2.24) is 0 Å². The molecule has 0 aromatic heterocycles. The van der Waals surface area contributed by atoms with Crippen LogP contribution >= 0.6 is 0 Å². The second kappa shape index (κ2) is 14.0. The molecule has 1 aliphatic carbocycles. The van der Waals surface area contributed by atoms with Gasteiger partial charge in [0, 0.05) is 17.2 Å². The molecular formula is C35H45N. The molecule has 0 fully saturated rings. The van der Waals surface area contributed by atoms with Gasteiger partial charge in [0.25, 0.3) is 0 Å². The Morgan fingerprint density at radius 2 is 1.83 bits per heavy atom. The van der Waals surface area contributed by atoms with E-state index in [1.807, 2.05) is 0 Å². The molecular weight excluding hydrogens is 434 g/mol. The van der Waals surface area contributed by atoms with Gasteiger partial charge in [0.2, 0.25) is 0 Å². The minimum atomic E-state index is 0.484. The van der Waals surface area contributed by atoms with E-state index in [0.29, 0.717) is 11.8 Å². The number of hydrogen-bond acceptors (Lipinski definition) is 1. The highest BCUT2D eigenvalue weighted by Gasteiger charge is 2.17. The molecule has 2 aromatic rings. The monoisotopic (exact) mass is 479 g/mol. The standard InChI is InChI=1S/C35H45N/c1-7-12-33(27(6)36-35(9-3)34-14-11-10-13-31(34)8-2)25-30-19-17-28(18-20-30)15-16-29-21-23-32(24-22-29)26(4)5/h9-11,13-14,17,19-24,28,33H,4,7-8,12,15-16,18,25H2,1-3,5-6H3/b35-9-,36-27?. The van der Waals surface area contributed by atoms with Crippen molar-refractivity contribution >= 4 is 17.0 Å². The molecule has 0 bridgehead atoms. The maximum absolute atomic E-state index is 5.17. The zero-order valence-corrected chi connectivity index (χ0v) is 23.2. The smallest absolute Gasteiger partial charge is 0.0661 e. The van der Waals surface area contributed by atoms with Gasteiger partial charge in [-0.15, -0.1) is 0 Å². The minimum Gasteiger partial charge on any atom is -0.258 e. The molecule has 2 unspecified atom stereocenters. The maximum Gasteiger partial charge on any atom is 0.0661 e. The van der Waals surface area contributed by atoms with Crippen LogP contribution < -0.4 is 0 Å². The zero-order chi connectivity index (χ0) is 25.9. The van der Waals surface area contributed by atoms with E-state index >= 15 is 0 Å². The Morgan fingerprint density at radius 1 is 1.08 bits per heavy atom. The van der Waals surface area contributed by atoms with Crippen LogP contribution in [0.1, 0.15) is 89.0 Å². The fourth-order valence-electron chi connectivity index (χ4n) is 5.11. The number of nitrogens with zero attached hydrogens (tertiary/aromatic N) is 1. The van der Waals surface area contributed by atoms with Gasteiger partial charge >= 0.3 is 0 Å². The van der Waals surface area contributed by atoms with E-state index in [0.717, 1.165) is 37.0 Å². The van der Waals surface area contributed by atoms with Gasteiger partial charge in [-0.2, -0.15) is 0 Å². The number of rotatable bonds is 12. The van der Waals surface area contributed by atoms with Crippen LogP contribution in [0.25, 0.3) is 11.3 Å². The number of aryl methyl sites for hydroxylation is 2. The Morgan fingerprint density at radius 3 is 2.44 bits per heavy atom. The number of allylic oxidation sites excluding steroid dienone is 6. The second-order valence-electron chi connectivity index (χ2n) is 10.3. The topological polar surface area (TPSA) is 12.4 Å². The van der Waals surface area contributed by atoms with Gasteiger partial charge in [0.15, 0.2) is 0 Å². The summed E-state index contributed by atoms with van der Waals surface area (Å²) in [5.41, 5.74) is 10.3. The van der Waals surface area contributed by atoms with Crippen LogP contribution in [0, 0.1) is 11.8 Å². The van der Waals surface area contributed by atoms with E-state index in [9.17, 15) is 0 Å². The summed E-state index contributed by atoms with van der Waals surface area (Å²) in [4.78, 5) is 5.17. The summed E-state index contributed by atoms with van der Waals surface area (Å²) in [6, 6.07) is 17.6. The molecule has 0 saturated carbocycles. The summed E-state index contributed by atoms with van der Waals surface area (Å²) in [6.07, 6.45) is 17.4. The van der Waals surface area contributed by atoms with E-state index < -0.39 is 0 Å². The van der Waals surface area contributed by atoms with Crippen molar-refractivity contribution in [1.29, 1.82) is 0 Å². The second-order valence-corrected chi connectivity index (χ2v) is 10.3. The fourth-order valence-corrected chi connectivity index (χ4v) is 5.11. The Bertz CT molecular complexity index is 1120. The van der Waals surface area contributed by atoms with Crippen LogP contribution in [0.3, 0.4) is 0 Å². The van der Waals surface area contributed by atoms with Gasteiger partial charge in [0.1, 0.15) is 0 Å². The van der Waals surface area contributed by atoms with E-state index in [2.05, 4.69) is 114 Å². The lowest BCUT2D eigenvalue weighted by molar-refractivity contribution is 0.575. The number of benzene rings is 2. The van der Waals surface area contributed by atoms with Crippen LogP contribution in [0.15, 0.2) is 90.0 Å². The normalized spacial score (nSPS) is 17.1. The van der Waals surface area contributed by atoms with Crippen LogP contribution in [0.2, 0.25) is 0 Å². The Kier molecular flexibility index (Phi) is 10.7. The maximum atomic E-state index is 5.17. The van der Waals surface area contributed by atoms with Crippen LogP contribution in [0.4, 0.5) is 0 Å². The zero-order valence-electron chi connectivity index (χ0n) is 23.2. The van der Waals surface area contributed by atoms with Crippen LogP contribution in [-0.4, -0.2) is 5.71 Å². The van der Waals surface area contributed by atoms with Gasteiger partial charge < -0.3 is 0 Å². The first-order valence-corrected chi connectivity index (χ1v) is 13.9. The van der Waals surface area contributed by atoms with Gasteiger partial charge in [-0.1, -0.05) is 111 Å². The number of hydrogen-bond donors (Lipinski definition) is 0. The predicted molar refractivity (Wildman–Crippen MR) is 160 cm³/mol. The third-order valence-corrected chi connectivity index (χ3v) is 7.47. The lowest BCUT2D eigenvalue weighted by Gasteiger charge is -2.21. The first-order valence-electron chi connectivity index (χ1n) is 13.9. The molecule has 190 valence electrons. The highest BCUT2D eigenvalue weighted by atomic mass is 14.8. The van der Waals surface area contributed by atoms with Crippen LogP contribution in [-0.2, 0) is 12.8 Å². The molecule has 0 spiro atoms. The number of aliphatic imine (C=N–C) groups is 1. The molecule has 3 rings (SSSR count). The minimum absolute atomic E-state index is 0.484. The predicted octanol–water partition coefficient (Wildman–Crippen LogP) is 10.0. The molecule has 0 saturated heterocycles. The molecule has 0 N–H and O–H groups in total. The lowest BCUT2D eigenvalue weighted by atomic mass is 9.85. The fraction of sp³-hybridized carbons (Fsp3) is 0.400. The third-order valence-electron chi connectivity index (χ3n) is 7.47. The summed E-state index contributed by atoms with van der Waals surface area (Å²) in [5, 5.41) is 0. The summed E-state index contributed by atoms with van der Waals surface area (Å²) in [6.45, 7) is 14.9. The van der Waals surface area contributed by atoms with Crippen molar-refractivity contribution in [3.05, 3.63) is 107 Å². The molecule has 1 nitrogen and oxygen atoms in total. The summed E-state index contributed by atoms with van der Waals surface area (Å²) < 4.78 is 0. The molecule has 0 heterocycles. The Balaban J connectivity index is 1.61. The Hall–Kier alpha value is -2.93. The van der Waals surface area contributed by atoms with Gasteiger partial charge in [-0.05, 0) is 81.9 Å². The van der Waals surface area contributed by atoms with E-state index in [-0.39, 0.29) is 0 Å². The Labute approximate surface area is 220 Å². The summed E-state index contributed by atoms with van der Waals surface area (Å²) in [5.74, 6) is 1.12. The third kappa shape index (κ3) is 7.79. The van der Waals surface area contributed by atoms with Gasteiger partial charge in [-0.3, -0.25) is 4.99 Å². The highest BCUT2D eigenvalue weighted by molar-refractivity contribution is 5.90. The van der Waals surface area contributed by atoms with Gasteiger partial charge in [-0.25, -0.2) is 0 Å². The molecule has 0 radical (unpaired) electrons. The quantitative estimate of drug-likeness (QED) is 0.268. The van der Waals surface area contributed by atoms with Crippen molar-refractivity contribution in [3.8, 4) is 0 Å². The van der Waals surface area contributed by atoms with Gasteiger partial charge in [0.05, 0.1) is 5.70 Å². The molecule has 1 heteroatoms. The molecule has 0 aliphatic heterocycles. The lowest BCUT2D eigenvalue weighted by Crippen LogP contribution is -2.13. The summed E-state index contributed by atoms with van der Waals surface area (Å²) in [7, 11) is 0. The van der Waals surface area contributed by atoms with Crippen molar-refractivity contribution in [2.45, 2.75) is 79.6 Å². The van der Waals surface area contributed by atoms with E-state index in [1.165, 1.54) is 52.8 Å². The largest absolute Gasteiger partial charge is 0.258 e. The van der Waals surface area contributed by atoms with Crippen LogP contribution in [0.5, 0.6) is 0 Å². The van der Waals surface area contributed by atoms with E-state index in [1.54, 1.807) is 0 Å². The first-order chi connectivity index (χ1) is 17.4. The van der Waals surface area contributed by atoms with Crippen molar-refractivity contribution < 1.29 is 0 Å². The molecule has 1 aliphatic rings. The molecule has 2 aromatic carbocycles. The highest BCUT2D eigenvalue weighted by Crippen LogP contribution is 2.29. The molecule has 0 amide bonds. The first kappa shape index (κ1) is 27.7. The summed E-state index contributed by atoms with van der Waals surface area (Å²) >= 11 is 0. The average molecular weight is 480 g/mol. The molecule has 36 heavy (non-hydrogen) atoms. The average Bonchev–Trinajstić information content (AvgIpc) is 2.91.